The molecule has 0 unspecified atom stereocenters. The third-order valence-corrected chi connectivity index (χ3v) is 4.69. The lowest BCUT2D eigenvalue weighted by Gasteiger charge is -2.10. The maximum Gasteiger partial charge on any atom is 0.309 e. The summed E-state index contributed by atoms with van der Waals surface area (Å²) in [6.45, 7) is 4.64. The second-order valence-electron chi connectivity index (χ2n) is 5.09. The van der Waals surface area contributed by atoms with E-state index in [-0.39, 0.29) is 10.8 Å². The van der Waals surface area contributed by atoms with E-state index in [0.717, 1.165) is 23.4 Å². The van der Waals surface area contributed by atoms with Crippen molar-refractivity contribution >= 4 is 28.6 Å². The Kier molecular flexibility index (Phi) is 6.44. The van der Waals surface area contributed by atoms with Crippen molar-refractivity contribution in [2.75, 3.05) is 13.2 Å². The highest BCUT2D eigenvalue weighted by Crippen LogP contribution is 2.31. The van der Waals surface area contributed by atoms with Crippen LogP contribution in [0.1, 0.15) is 28.2 Å². The maximum absolute atomic E-state index is 11.2. The minimum atomic E-state index is -0.473. The van der Waals surface area contributed by atoms with Crippen LogP contribution in [-0.4, -0.2) is 28.1 Å². The summed E-state index contributed by atoms with van der Waals surface area (Å²) in [7, 11) is 0. The molecule has 0 bridgehead atoms. The fourth-order valence-electron chi connectivity index (χ4n) is 2.27. The second kappa shape index (κ2) is 8.33. The molecule has 2 rings (SSSR count). The zero-order chi connectivity index (χ0) is 16.8. The Morgan fingerprint density at radius 3 is 2.78 bits per heavy atom. The van der Waals surface area contributed by atoms with Crippen molar-refractivity contribution in [1.82, 2.24) is 9.97 Å². The molecule has 0 atom stereocenters. The molecule has 0 amide bonds. The molecular formula is C15H18ClN3O3S. The molecule has 8 heteroatoms. The third kappa shape index (κ3) is 4.70. The van der Waals surface area contributed by atoms with E-state index in [9.17, 15) is 10.1 Å². The normalized spacial score (nSPS) is 10.9. The molecule has 0 radical (unpaired) electrons. The van der Waals surface area contributed by atoms with Crippen LogP contribution < -0.4 is 0 Å². The molecule has 0 aliphatic carbocycles. The van der Waals surface area contributed by atoms with Crippen molar-refractivity contribution in [1.29, 1.82) is 0 Å². The smallest absolute Gasteiger partial charge is 0.309 e. The predicted octanol–water partition coefficient (Wildman–Crippen LogP) is 3.91. The van der Waals surface area contributed by atoms with Gasteiger partial charge in [0.1, 0.15) is 0 Å². The van der Waals surface area contributed by atoms with E-state index in [4.69, 9.17) is 16.3 Å². The Morgan fingerprint density at radius 1 is 1.35 bits per heavy atom. The van der Waals surface area contributed by atoms with Crippen molar-refractivity contribution < 1.29 is 9.66 Å². The van der Waals surface area contributed by atoms with Crippen LogP contribution in [0.4, 0.5) is 5.69 Å². The molecule has 2 heterocycles. The molecule has 0 aromatic carbocycles. The number of nitrogens with zero attached hydrogens (tertiary/aromatic N) is 3. The molecule has 0 spiro atoms. The van der Waals surface area contributed by atoms with Gasteiger partial charge in [-0.2, -0.15) is 0 Å². The topological polar surface area (TPSA) is 78.2 Å². The first kappa shape index (κ1) is 17.8. The standard InChI is InChI=1S/C15H18ClN3O3S/c1-10-11(2)18-15(16)14(19(20)21)12(10)5-8-22-7-3-4-13-17-6-9-23-13/h6,9H,3-5,7-8H2,1-2H3. The summed E-state index contributed by atoms with van der Waals surface area (Å²) < 4.78 is 5.60. The first-order valence-electron chi connectivity index (χ1n) is 7.26. The number of hydrogen-bond acceptors (Lipinski definition) is 6. The number of ether oxygens (including phenoxy) is 1. The van der Waals surface area contributed by atoms with E-state index in [1.54, 1.807) is 24.5 Å². The van der Waals surface area contributed by atoms with Gasteiger partial charge in [0.2, 0.25) is 5.15 Å². The monoisotopic (exact) mass is 355 g/mol. The number of thiazole rings is 1. The largest absolute Gasteiger partial charge is 0.381 e. The molecule has 6 nitrogen and oxygen atoms in total. The van der Waals surface area contributed by atoms with Crippen LogP contribution in [0.3, 0.4) is 0 Å². The highest BCUT2D eigenvalue weighted by molar-refractivity contribution is 7.09. The van der Waals surface area contributed by atoms with Crippen molar-refractivity contribution in [3.8, 4) is 0 Å². The van der Waals surface area contributed by atoms with Gasteiger partial charge in [-0.25, -0.2) is 9.97 Å². The number of aromatic nitrogens is 2. The van der Waals surface area contributed by atoms with Gasteiger partial charge in [-0.15, -0.1) is 11.3 Å². The quantitative estimate of drug-likeness (QED) is 0.310. The summed E-state index contributed by atoms with van der Waals surface area (Å²) in [6.07, 6.45) is 4.00. The van der Waals surface area contributed by atoms with Crippen molar-refractivity contribution in [3.05, 3.63) is 48.7 Å². The van der Waals surface area contributed by atoms with E-state index in [0.29, 0.717) is 30.9 Å². The molecule has 2 aromatic rings. The highest BCUT2D eigenvalue weighted by Gasteiger charge is 2.23. The second-order valence-corrected chi connectivity index (χ2v) is 6.43. The molecule has 0 fully saturated rings. The molecule has 0 aliphatic rings. The van der Waals surface area contributed by atoms with E-state index in [1.165, 1.54) is 0 Å². The van der Waals surface area contributed by atoms with Gasteiger partial charge in [-0.3, -0.25) is 10.1 Å². The Labute approximate surface area is 143 Å². The third-order valence-electron chi connectivity index (χ3n) is 3.58. The Hall–Kier alpha value is -1.57. The van der Waals surface area contributed by atoms with Crippen molar-refractivity contribution in [2.24, 2.45) is 0 Å². The van der Waals surface area contributed by atoms with Crippen molar-refractivity contribution in [3.63, 3.8) is 0 Å². The molecular weight excluding hydrogens is 338 g/mol. The lowest BCUT2D eigenvalue weighted by Crippen LogP contribution is -2.08. The molecule has 0 aliphatic heterocycles. The molecule has 0 saturated carbocycles. The van der Waals surface area contributed by atoms with Gasteiger partial charge in [0.05, 0.1) is 16.5 Å². The number of pyridine rings is 1. The Morgan fingerprint density at radius 2 is 2.13 bits per heavy atom. The Balaban J connectivity index is 1.88. The van der Waals surface area contributed by atoms with Gasteiger partial charge in [0, 0.05) is 42.3 Å². The minimum Gasteiger partial charge on any atom is -0.381 e. The summed E-state index contributed by atoms with van der Waals surface area (Å²) in [6, 6.07) is 0. The first-order chi connectivity index (χ1) is 11.0. The fraction of sp³-hybridized carbons (Fsp3) is 0.467. The van der Waals surface area contributed by atoms with Crippen LogP contribution in [0.2, 0.25) is 5.15 Å². The summed E-state index contributed by atoms with van der Waals surface area (Å²) in [5.74, 6) is 0. The zero-order valence-corrected chi connectivity index (χ0v) is 14.6. The van der Waals surface area contributed by atoms with Gasteiger partial charge < -0.3 is 4.74 Å². The average Bonchev–Trinajstić information content (AvgIpc) is 3.00. The van der Waals surface area contributed by atoms with Crippen LogP contribution in [0.25, 0.3) is 0 Å². The molecule has 0 saturated heterocycles. The number of rotatable bonds is 8. The fourth-order valence-corrected chi connectivity index (χ4v) is 3.25. The predicted molar refractivity (Wildman–Crippen MR) is 90.3 cm³/mol. The first-order valence-corrected chi connectivity index (χ1v) is 8.52. The lowest BCUT2D eigenvalue weighted by molar-refractivity contribution is -0.385. The molecule has 0 N–H and O–H groups in total. The number of halogens is 1. The Bertz CT molecular complexity index is 677. The number of hydrogen-bond donors (Lipinski definition) is 0. The van der Waals surface area contributed by atoms with Crippen LogP contribution in [-0.2, 0) is 17.6 Å². The molecule has 124 valence electrons. The highest BCUT2D eigenvalue weighted by atomic mass is 35.5. The van der Waals surface area contributed by atoms with Crippen LogP contribution in [0, 0.1) is 24.0 Å². The SMILES string of the molecule is Cc1nc(Cl)c([N+](=O)[O-])c(CCOCCCc2nccs2)c1C. The van der Waals surface area contributed by atoms with Crippen LogP contribution in [0.15, 0.2) is 11.6 Å². The minimum absolute atomic E-state index is 0.0585. The molecule has 2 aromatic heterocycles. The summed E-state index contributed by atoms with van der Waals surface area (Å²) in [5.41, 5.74) is 2.00. The van der Waals surface area contributed by atoms with E-state index in [1.807, 2.05) is 12.3 Å². The number of aryl methyl sites for hydroxylation is 2. The van der Waals surface area contributed by atoms with Crippen LogP contribution in [0.5, 0.6) is 0 Å². The van der Waals surface area contributed by atoms with Gasteiger partial charge in [0.25, 0.3) is 0 Å². The number of nitro groups is 1. The van der Waals surface area contributed by atoms with Crippen LogP contribution >= 0.6 is 22.9 Å². The maximum atomic E-state index is 11.2. The summed E-state index contributed by atoms with van der Waals surface area (Å²) >= 11 is 7.55. The zero-order valence-electron chi connectivity index (χ0n) is 13.0. The summed E-state index contributed by atoms with van der Waals surface area (Å²) in [4.78, 5) is 19.0. The van der Waals surface area contributed by atoms with Gasteiger partial charge in [-0.05, 0) is 25.8 Å². The van der Waals surface area contributed by atoms with Gasteiger partial charge in [0.15, 0.2) is 0 Å². The van der Waals surface area contributed by atoms with Crippen molar-refractivity contribution in [2.45, 2.75) is 33.1 Å². The van der Waals surface area contributed by atoms with Gasteiger partial charge >= 0.3 is 5.69 Å². The van der Waals surface area contributed by atoms with Gasteiger partial charge in [-0.1, -0.05) is 11.6 Å². The average molecular weight is 356 g/mol. The summed E-state index contributed by atoms with van der Waals surface area (Å²) in [5, 5.41) is 14.2. The van der Waals surface area contributed by atoms with E-state index < -0.39 is 4.92 Å². The van der Waals surface area contributed by atoms with E-state index in [2.05, 4.69) is 9.97 Å². The van der Waals surface area contributed by atoms with E-state index >= 15 is 0 Å². The lowest BCUT2D eigenvalue weighted by atomic mass is 10.0. The molecule has 23 heavy (non-hydrogen) atoms.